The summed E-state index contributed by atoms with van der Waals surface area (Å²) in [5.41, 5.74) is 10.9. The third-order valence-electron chi connectivity index (χ3n) is 4.19. The van der Waals surface area contributed by atoms with Gasteiger partial charge in [-0.2, -0.15) is 5.10 Å². The highest BCUT2D eigenvalue weighted by molar-refractivity contribution is 5.95. The molecule has 6 nitrogen and oxygen atoms in total. The van der Waals surface area contributed by atoms with Crippen molar-refractivity contribution in [1.29, 1.82) is 5.41 Å². The van der Waals surface area contributed by atoms with Gasteiger partial charge in [0.2, 0.25) is 0 Å². The van der Waals surface area contributed by atoms with Gasteiger partial charge in [0.15, 0.2) is 0 Å². The fourth-order valence-corrected chi connectivity index (χ4v) is 2.75. The minimum Gasteiger partial charge on any atom is -0.481 e. The molecule has 4 N–H and O–H groups in total. The Hall–Kier alpha value is -3.41. The molecule has 6 heteroatoms. The molecule has 0 aliphatic carbocycles. The van der Waals surface area contributed by atoms with Crippen molar-refractivity contribution < 1.29 is 9.90 Å². The van der Waals surface area contributed by atoms with E-state index in [0.717, 1.165) is 28.2 Å². The summed E-state index contributed by atoms with van der Waals surface area (Å²) in [6, 6.07) is 17.2. The maximum atomic E-state index is 10.7. The van der Waals surface area contributed by atoms with Crippen LogP contribution in [0.1, 0.15) is 23.2 Å². The van der Waals surface area contributed by atoms with E-state index in [1.807, 2.05) is 54.1 Å². The fourth-order valence-electron chi connectivity index (χ4n) is 2.75. The van der Waals surface area contributed by atoms with Gasteiger partial charge in [-0.05, 0) is 49.2 Å². The molecule has 0 fully saturated rings. The Labute approximate surface area is 151 Å². The normalized spacial score (nSPS) is 10.7. The number of carboxylic acids is 1. The van der Waals surface area contributed by atoms with Gasteiger partial charge >= 0.3 is 5.97 Å². The second kappa shape index (κ2) is 7.23. The summed E-state index contributed by atoms with van der Waals surface area (Å²) in [6.45, 7) is 1.98. The molecular formula is C20H20N4O2. The number of carbonyl (C=O) groups is 1. The van der Waals surface area contributed by atoms with Gasteiger partial charge in [0, 0.05) is 23.2 Å². The first-order valence-corrected chi connectivity index (χ1v) is 8.26. The lowest BCUT2D eigenvalue weighted by Crippen LogP contribution is -2.11. The number of hydrogen-bond donors (Lipinski definition) is 3. The van der Waals surface area contributed by atoms with E-state index in [9.17, 15) is 4.79 Å². The van der Waals surface area contributed by atoms with Crippen LogP contribution in [0.5, 0.6) is 0 Å². The van der Waals surface area contributed by atoms with E-state index in [1.54, 1.807) is 12.1 Å². The zero-order chi connectivity index (χ0) is 18.7. The van der Waals surface area contributed by atoms with Crippen LogP contribution in [0.25, 0.3) is 16.9 Å². The topological polar surface area (TPSA) is 105 Å². The van der Waals surface area contributed by atoms with Crippen LogP contribution < -0.4 is 5.73 Å². The number of aliphatic carboxylic acids is 1. The number of nitrogens with one attached hydrogen (secondary N) is 1. The molecule has 0 saturated heterocycles. The Bertz CT molecular complexity index is 941. The Morgan fingerprint density at radius 2 is 1.81 bits per heavy atom. The maximum absolute atomic E-state index is 10.7. The summed E-state index contributed by atoms with van der Waals surface area (Å²) < 4.78 is 1.84. The second-order valence-electron chi connectivity index (χ2n) is 6.13. The summed E-state index contributed by atoms with van der Waals surface area (Å²) in [7, 11) is 0. The molecule has 26 heavy (non-hydrogen) atoms. The highest BCUT2D eigenvalue weighted by Crippen LogP contribution is 2.22. The van der Waals surface area contributed by atoms with E-state index in [2.05, 4.69) is 5.10 Å². The van der Waals surface area contributed by atoms with Crippen molar-refractivity contribution in [2.24, 2.45) is 5.73 Å². The number of nitrogens with two attached hydrogens (primary N) is 1. The predicted molar refractivity (Wildman–Crippen MR) is 101 cm³/mol. The van der Waals surface area contributed by atoms with Crippen LogP contribution in [0.3, 0.4) is 0 Å². The zero-order valence-corrected chi connectivity index (χ0v) is 14.4. The van der Waals surface area contributed by atoms with Crippen LogP contribution in [0, 0.1) is 12.3 Å². The summed E-state index contributed by atoms with van der Waals surface area (Å²) in [6.07, 6.45) is 0.648. The summed E-state index contributed by atoms with van der Waals surface area (Å²) in [4.78, 5) is 10.7. The number of nitrogen functional groups attached to an aromatic ring is 1. The number of aromatic nitrogens is 2. The number of aryl methyl sites for hydroxylation is 2. The first kappa shape index (κ1) is 17.4. The summed E-state index contributed by atoms with van der Waals surface area (Å²) >= 11 is 0. The van der Waals surface area contributed by atoms with Crippen molar-refractivity contribution in [1.82, 2.24) is 9.78 Å². The molecule has 1 aromatic heterocycles. The number of carboxylic acid groups (broad SMARTS) is 1. The average Bonchev–Trinajstić information content (AvgIpc) is 3.02. The van der Waals surface area contributed by atoms with E-state index in [-0.39, 0.29) is 12.3 Å². The average molecular weight is 348 g/mol. The van der Waals surface area contributed by atoms with Crippen molar-refractivity contribution in [3.05, 3.63) is 71.4 Å². The van der Waals surface area contributed by atoms with Crippen molar-refractivity contribution in [2.45, 2.75) is 19.8 Å². The van der Waals surface area contributed by atoms with E-state index in [1.165, 1.54) is 0 Å². The Balaban J connectivity index is 1.83. The molecule has 0 aliphatic heterocycles. The number of amidine groups is 1. The number of hydrogen-bond acceptors (Lipinski definition) is 3. The van der Waals surface area contributed by atoms with E-state index in [4.69, 9.17) is 16.2 Å². The van der Waals surface area contributed by atoms with Gasteiger partial charge in [0.05, 0.1) is 11.4 Å². The van der Waals surface area contributed by atoms with Crippen LogP contribution in [0.15, 0.2) is 54.6 Å². The molecule has 0 atom stereocenters. The third-order valence-corrected chi connectivity index (χ3v) is 4.19. The van der Waals surface area contributed by atoms with Gasteiger partial charge in [-0.3, -0.25) is 10.2 Å². The Morgan fingerprint density at radius 3 is 2.38 bits per heavy atom. The number of rotatable bonds is 6. The highest BCUT2D eigenvalue weighted by atomic mass is 16.4. The molecule has 0 radical (unpaired) electrons. The van der Waals surface area contributed by atoms with E-state index < -0.39 is 5.97 Å². The quantitative estimate of drug-likeness (QED) is 0.470. The van der Waals surface area contributed by atoms with Crippen LogP contribution in [0.4, 0.5) is 0 Å². The highest BCUT2D eigenvalue weighted by Gasteiger charge is 2.09. The van der Waals surface area contributed by atoms with Gasteiger partial charge in [0.25, 0.3) is 0 Å². The van der Waals surface area contributed by atoms with E-state index >= 15 is 0 Å². The Kier molecular flexibility index (Phi) is 4.84. The Morgan fingerprint density at radius 1 is 1.15 bits per heavy atom. The smallest absolute Gasteiger partial charge is 0.303 e. The van der Waals surface area contributed by atoms with Gasteiger partial charge < -0.3 is 10.8 Å². The van der Waals surface area contributed by atoms with Crippen molar-refractivity contribution in [3.63, 3.8) is 0 Å². The van der Waals surface area contributed by atoms with Crippen molar-refractivity contribution in [2.75, 3.05) is 0 Å². The van der Waals surface area contributed by atoms with E-state index in [0.29, 0.717) is 12.0 Å². The molecule has 1 heterocycles. The zero-order valence-electron chi connectivity index (χ0n) is 14.4. The summed E-state index contributed by atoms with van der Waals surface area (Å²) in [5.74, 6) is -0.753. The molecule has 3 aromatic rings. The lowest BCUT2D eigenvalue weighted by molar-refractivity contribution is -0.136. The molecule has 132 valence electrons. The molecule has 0 aliphatic rings. The first-order valence-electron chi connectivity index (χ1n) is 8.26. The van der Waals surface area contributed by atoms with Crippen LogP contribution in [-0.2, 0) is 11.2 Å². The predicted octanol–water partition coefficient (Wildman–Crippen LogP) is 3.15. The minimum absolute atomic E-state index is 0.0393. The molecule has 0 bridgehead atoms. The molecule has 0 amide bonds. The van der Waals surface area contributed by atoms with Crippen molar-refractivity contribution >= 4 is 11.8 Å². The lowest BCUT2D eigenvalue weighted by atomic mass is 10.1. The standard InChI is InChI=1S/C20H20N4O2/c1-13-12-18(15-5-2-14(3-6-15)4-11-19(25)26)23-24(13)17-9-7-16(8-10-17)20(21)22/h2-3,5-10,12H,4,11H2,1H3,(H3,21,22)(H,25,26). The molecular weight excluding hydrogens is 328 g/mol. The van der Waals surface area contributed by atoms with Crippen LogP contribution in [0.2, 0.25) is 0 Å². The largest absolute Gasteiger partial charge is 0.481 e. The van der Waals surface area contributed by atoms with Gasteiger partial charge in [0.1, 0.15) is 5.84 Å². The minimum atomic E-state index is -0.792. The second-order valence-corrected chi connectivity index (χ2v) is 6.13. The molecule has 0 saturated carbocycles. The first-order chi connectivity index (χ1) is 12.4. The molecule has 0 spiro atoms. The maximum Gasteiger partial charge on any atom is 0.303 e. The third kappa shape index (κ3) is 3.80. The number of benzene rings is 2. The van der Waals surface area contributed by atoms with Gasteiger partial charge in [-0.1, -0.05) is 24.3 Å². The fraction of sp³-hybridized carbons (Fsp3) is 0.150. The van der Waals surface area contributed by atoms with Crippen LogP contribution >= 0.6 is 0 Å². The van der Waals surface area contributed by atoms with Gasteiger partial charge in [-0.15, -0.1) is 0 Å². The van der Waals surface area contributed by atoms with Crippen LogP contribution in [-0.4, -0.2) is 26.7 Å². The molecule has 2 aromatic carbocycles. The molecule has 0 unspecified atom stereocenters. The van der Waals surface area contributed by atoms with Crippen molar-refractivity contribution in [3.8, 4) is 16.9 Å². The number of nitrogens with zero attached hydrogens (tertiary/aromatic N) is 2. The molecule has 3 rings (SSSR count). The monoisotopic (exact) mass is 348 g/mol. The van der Waals surface area contributed by atoms with Gasteiger partial charge in [-0.25, -0.2) is 4.68 Å². The SMILES string of the molecule is Cc1cc(-c2ccc(CCC(=O)O)cc2)nn1-c1ccc(C(=N)N)cc1. The summed E-state index contributed by atoms with van der Waals surface area (Å²) in [5, 5.41) is 20.9. The lowest BCUT2D eigenvalue weighted by Gasteiger charge is -2.05.